The van der Waals surface area contributed by atoms with Crippen molar-refractivity contribution >= 4 is 34.1 Å². The van der Waals surface area contributed by atoms with Gasteiger partial charge in [-0.25, -0.2) is 9.97 Å². The average molecular weight is 290 g/mol. The predicted octanol–water partition coefficient (Wildman–Crippen LogP) is 2.45. The molecule has 96 valence electrons. The molecule has 5 nitrogen and oxygen atoms in total. The van der Waals surface area contributed by atoms with Crippen molar-refractivity contribution in [2.75, 3.05) is 11.1 Å². The van der Waals surface area contributed by atoms with E-state index in [0.29, 0.717) is 15.7 Å². The van der Waals surface area contributed by atoms with Crippen LogP contribution >= 0.6 is 23.1 Å². The Bertz CT molecular complexity index is 633. The number of aryl methyl sites for hydroxylation is 1. The number of nitrogens with one attached hydrogen (secondary N) is 1. The standard InChI is InChI=1S/C12H10N4OS2/c1-8-6-19-12(15-8)16-10(17)7-18-11-4-9(5-13)2-3-14-11/h2-4,6H,7H2,1H3,(H,15,16,17). The highest BCUT2D eigenvalue weighted by Crippen LogP contribution is 2.18. The summed E-state index contributed by atoms with van der Waals surface area (Å²) in [5.41, 5.74) is 1.42. The van der Waals surface area contributed by atoms with Gasteiger partial charge in [0, 0.05) is 11.6 Å². The Kier molecular flexibility index (Phi) is 4.49. The first-order chi connectivity index (χ1) is 9.17. The summed E-state index contributed by atoms with van der Waals surface area (Å²) in [7, 11) is 0. The van der Waals surface area contributed by atoms with Gasteiger partial charge in [-0.2, -0.15) is 5.26 Å². The molecule has 19 heavy (non-hydrogen) atoms. The molecule has 2 aromatic rings. The smallest absolute Gasteiger partial charge is 0.236 e. The molecule has 0 bridgehead atoms. The van der Waals surface area contributed by atoms with Crippen molar-refractivity contribution in [1.29, 1.82) is 5.26 Å². The van der Waals surface area contributed by atoms with Crippen molar-refractivity contribution in [3.63, 3.8) is 0 Å². The minimum Gasteiger partial charge on any atom is -0.301 e. The second-order valence-corrected chi connectivity index (χ2v) is 5.48. The lowest BCUT2D eigenvalue weighted by molar-refractivity contribution is -0.113. The molecule has 0 saturated carbocycles. The molecule has 7 heteroatoms. The van der Waals surface area contributed by atoms with Crippen LogP contribution in [0.4, 0.5) is 5.13 Å². The number of carbonyl (C=O) groups excluding carboxylic acids is 1. The van der Waals surface area contributed by atoms with Crippen LogP contribution in [0.15, 0.2) is 28.7 Å². The number of rotatable bonds is 4. The molecule has 0 radical (unpaired) electrons. The minimum atomic E-state index is -0.136. The molecule has 0 saturated heterocycles. The molecule has 0 aliphatic rings. The van der Waals surface area contributed by atoms with Crippen molar-refractivity contribution in [2.45, 2.75) is 11.9 Å². The maximum Gasteiger partial charge on any atom is 0.236 e. The summed E-state index contributed by atoms with van der Waals surface area (Å²) < 4.78 is 0. The number of amides is 1. The summed E-state index contributed by atoms with van der Waals surface area (Å²) in [6, 6.07) is 5.32. The van der Waals surface area contributed by atoms with Gasteiger partial charge >= 0.3 is 0 Å². The highest BCUT2D eigenvalue weighted by molar-refractivity contribution is 7.99. The van der Waals surface area contributed by atoms with Crippen LogP contribution in [0.25, 0.3) is 0 Å². The third-order valence-electron chi connectivity index (χ3n) is 2.08. The fourth-order valence-corrected chi connectivity index (χ4v) is 2.67. The molecule has 2 aromatic heterocycles. The quantitative estimate of drug-likeness (QED) is 0.875. The Morgan fingerprint density at radius 1 is 1.63 bits per heavy atom. The summed E-state index contributed by atoms with van der Waals surface area (Å²) in [5, 5.41) is 14.6. The van der Waals surface area contributed by atoms with E-state index in [1.807, 2.05) is 18.4 Å². The minimum absolute atomic E-state index is 0.136. The van der Waals surface area contributed by atoms with Gasteiger partial charge in [0.15, 0.2) is 5.13 Å². The zero-order chi connectivity index (χ0) is 13.7. The lowest BCUT2D eigenvalue weighted by Gasteiger charge is -2.01. The molecule has 1 amide bonds. The van der Waals surface area contributed by atoms with E-state index in [1.54, 1.807) is 18.3 Å². The van der Waals surface area contributed by atoms with Gasteiger partial charge in [0.2, 0.25) is 5.91 Å². The molecule has 0 aliphatic heterocycles. The highest BCUT2D eigenvalue weighted by Gasteiger charge is 2.07. The van der Waals surface area contributed by atoms with E-state index in [-0.39, 0.29) is 11.7 Å². The summed E-state index contributed by atoms with van der Waals surface area (Å²) >= 11 is 2.68. The summed E-state index contributed by atoms with van der Waals surface area (Å²) in [4.78, 5) is 19.9. The summed E-state index contributed by atoms with van der Waals surface area (Å²) in [6.07, 6.45) is 1.56. The molecule has 2 heterocycles. The molecule has 0 fully saturated rings. The first-order valence-corrected chi connectivity index (χ1v) is 7.25. The third-order valence-corrected chi connectivity index (χ3v) is 3.88. The largest absolute Gasteiger partial charge is 0.301 e. The molecule has 1 N–H and O–H groups in total. The van der Waals surface area contributed by atoms with Crippen molar-refractivity contribution in [1.82, 2.24) is 9.97 Å². The number of anilines is 1. The fourth-order valence-electron chi connectivity index (χ4n) is 1.26. The number of thiazole rings is 1. The van der Waals surface area contributed by atoms with Crippen LogP contribution in [-0.4, -0.2) is 21.6 Å². The number of carbonyl (C=O) groups is 1. The molecule has 0 spiro atoms. The van der Waals surface area contributed by atoms with Gasteiger partial charge in [-0.05, 0) is 19.1 Å². The van der Waals surface area contributed by atoms with Crippen molar-refractivity contribution in [3.05, 3.63) is 35.0 Å². The van der Waals surface area contributed by atoms with Crippen LogP contribution in [0, 0.1) is 18.3 Å². The van der Waals surface area contributed by atoms with E-state index in [2.05, 4.69) is 15.3 Å². The summed E-state index contributed by atoms with van der Waals surface area (Å²) in [5.74, 6) is 0.101. The van der Waals surface area contributed by atoms with Crippen LogP contribution in [-0.2, 0) is 4.79 Å². The Hall–Kier alpha value is -1.91. The molecule has 0 atom stereocenters. The lowest BCUT2D eigenvalue weighted by atomic mass is 10.3. The van der Waals surface area contributed by atoms with Gasteiger partial charge in [0.1, 0.15) is 0 Å². The number of nitriles is 1. The molecular formula is C12H10N4OS2. The maximum atomic E-state index is 11.7. The van der Waals surface area contributed by atoms with E-state index in [9.17, 15) is 4.79 Å². The maximum absolute atomic E-state index is 11.7. The molecule has 0 aliphatic carbocycles. The Morgan fingerprint density at radius 2 is 2.47 bits per heavy atom. The first kappa shape index (κ1) is 13.5. The van der Waals surface area contributed by atoms with Crippen molar-refractivity contribution < 1.29 is 4.79 Å². The second kappa shape index (κ2) is 6.31. The van der Waals surface area contributed by atoms with Gasteiger partial charge in [0.05, 0.1) is 28.1 Å². The van der Waals surface area contributed by atoms with Crippen LogP contribution in [0.2, 0.25) is 0 Å². The second-order valence-electron chi connectivity index (χ2n) is 3.63. The average Bonchev–Trinajstić information content (AvgIpc) is 2.82. The van der Waals surface area contributed by atoms with E-state index in [1.165, 1.54) is 23.1 Å². The topological polar surface area (TPSA) is 78.7 Å². The fraction of sp³-hybridized carbons (Fsp3) is 0.167. The van der Waals surface area contributed by atoms with Crippen LogP contribution < -0.4 is 5.32 Å². The predicted molar refractivity (Wildman–Crippen MR) is 75.2 cm³/mol. The number of pyridine rings is 1. The number of aromatic nitrogens is 2. The SMILES string of the molecule is Cc1csc(NC(=O)CSc2cc(C#N)ccn2)n1. The monoisotopic (exact) mass is 290 g/mol. The van der Waals surface area contributed by atoms with Crippen LogP contribution in [0.3, 0.4) is 0 Å². The van der Waals surface area contributed by atoms with E-state index >= 15 is 0 Å². The van der Waals surface area contributed by atoms with E-state index in [0.717, 1.165) is 5.69 Å². The zero-order valence-electron chi connectivity index (χ0n) is 10.1. The van der Waals surface area contributed by atoms with Gasteiger partial charge in [-0.3, -0.25) is 4.79 Å². The Labute approximate surface area is 118 Å². The number of nitrogens with zero attached hydrogens (tertiary/aromatic N) is 3. The van der Waals surface area contributed by atoms with Gasteiger partial charge < -0.3 is 5.32 Å². The number of hydrogen-bond donors (Lipinski definition) is 1. The van der Waals surface area contributed by atoms with Gasteiger partial charge in [0.25, 0.3) is 0 Å². The van der Waals surface area contributed by atoms with Crippen molar-refractivity contribution in [2.24, 2.45) is 0 Å². The van der Waals surface area contributed by atoms with Gasteiger partial charge in [-0.15, -0.1) is 11.3 Å². The van der Waals surface area contributed by atoms with Crippen LogP contribution in [0.5, 0.6) is 0 Å². The Morgan fingerprint density at radius 3 is 3.16 bits per heavy atom. The third kappa shape index (κ3) is 4.05. The first-order valence-electron chi connectivity index (χ1n) is 5.38. The molecular weight excluding hydrogens is 280 g/mol. The van der Waals surface area contributed by atoms with E-state index < -0.39 is 0 Å². The normalized spacial score (nSPS) is 9.89. The molecule has 0 aromatic carbocycles. The number of thioether (sulfide) groups is 1. The lowest BCUT2D eigenvalue weighted by Crippen LogP contribution is -2.13. The zero-order valence-corrected chi connectivity index (χ0v) is 11.7. The molecule has 2 rings (SSSR count). The number of hydrogen-bond acceptors (Lipinski definition) is 6. The van der Waals surface area contributed by atoms with Crippen LogP contribution in [0.1, 0.15) is 11.3 Å². The Balaban J connectivity index is 1.88. The summed E-state index contributed by atoms with van der Waals surface area (Å²) in [6.45, 7) is 1.87. The van der Waals surface area contributed by atoms with Gasteiger partial charge in [-0.1, -0.05) is 11.8 Å². The molecule has 0 unspecified atom stereocenters. The van der Waals surface area contributed by atoms with E-state index in [4.69, 9.17) is 5.26 Å². The highest BCUT2D eigenvalue weighted by atomic mass is 32.2. The van der Waals surface area contributed by atoms with Crippen molar-refractivity contribution in [3.8, 4) is 6.07 Å².